The third kappa shape index (κ3) is 4.26. The largest absolute Gasteiger partial charge is 0.354 e. The molecule has 1 aromatic rings. The lowest BCUT2D eigenvalue weighted by Crippen LogP contribution is -2.37. The highest BCUT2D eigenvalue weighted by atomic mass is 19.1. The molecule has 4 nitrogen and oxygen atoms in total. The Morgan fingerprint density at radius 1 is 1.32 bits per heavy atom. The fourth-order valence-corrected chi connectivity index (χ4v) is 2.52. The van der Waals surface area contributed by atoms with Gasteiger partial charge in [0.2, 0.25) is 11.8 Å². The number of carbonyl (C=O) groups is 2. The zero-order valence-electron chi connectivity index (χ0n) is 12.6. The molecule has 0 bridgehead atoms. The van der Waals surface area contributed by atoms with Crippen molar-refractivity contribution in [3.63, 3.8) is 0 Å². The van der Waals surface area contributed by atoms with Gasteiger partial charge in [0.1, 0.15) is 11.6 Å². The minimum Gasteiger partial charge on any atom is -0.354 e. The van der Waals surface area contributed by atoms with Crippen LogP contribution in [0.5, 0.6) is 0 Å². The normalized spacial score (nSPS) is 15.4. The minimum atomic E-state index is -0.579. The summed E-state index contributed by atoms with van der Waals surface area (Å²) in [5.41, 5.74) is 0.812. The van der Waals surface area contributed by atoms with Crippen LogP contribution in [-0.2, 0) is 16.0 Å². The van der Waals surface area contributed by atoms with Gasteiger partial charge in [-0.25, -0.2) is 8.78 Å². The van der Waals surface area contributed by atoms with Gasteiger partial charge in [-0.1, -0.05) is 6.07 Å². The average Bonchev–Trinajstić information content (AvgIpc) is 2.69. The third-order valence-corrected chi connectivity index (χ3v) is 3.78. The summed E-state index contributed by atoms with van der Waals surface area (Å²) in [4.78, 5) is 25.0. The van der Waals surface area contributed by atoms with Crippen molar-refractivity contribution in [2.45, 2.75) is 32.6 Å². The monoisotopic (exact) mass is 310 g/mol. The first-order chi connectivity index (χ1) is 10.5. The summed E-state index contributed by atoms with van der Waals surface area (Å²) < 4.78 is 26.8. The highest BCUT2D eigenvalue weighted by Crippen LogP contribution is 2.16. The number of nitrogens with zero attached hydrogens (tertiary/aromatic N) is 1. The first-order valence-corrected chi connectivity index (χ1v) is 7.46. The van der Waals surface area contributed by atoms with Gasteiger partial charge in [-0.2, -0.15) is 0 Å². The molecule has 2 rings (SSSR count). The SMILES string of the molecule is Cc1cc(CCCC(=O)N2CCCNC(=O)C2)c(F)cc1F. The van der Waals surface area contributed by atoms with Gasteiger partial charge < -0.3 is 10.2 Å². The maximum atomic E-state index is 13.6. The topological polar surface area (TPSA) is 49.4 Å². The smallest absolute Gasteiger partial charge is 0.239 e. The Bertz CT molecular complexity index is 576. The second-order valence-electron chi connectivity index (χ2n) is 5.57. The van der Waals surface area contributed by atoms with Crippen molar-refractivity contribution in [2.75, 3.05) is 19.6 Å². The van der Waals surface area contributed by atoms with Crippen LogP contribution in [-0.4, -0.2) is 36.3 Å². The first kappa shape index (κ1) is 16.4. The molecule has 0 aliphatic carbocycles. The summed E-state index contributed by atoms with van der Waals surface area (Å²) in [5.74, 6) is -1.39. The van der Waals surface area contributed by atoms with Gasteiger partial charge in [-0.3, -0.25) is 9.59 Å². The predicted octanol–water partition coefficient (Wildman–Crippen LogP) is 1.94. The van der Waals surface area contributed by atoms with Crippen LogP contribution >= 0.6 is 0 Å². The predicted molar refractivity (Wildman–Crippen MR) is 78.2 cm³/mol. The van der Waals surface area contributed by atoms with E-state index in [9.17, 15) is 18.4 Å². The van der Waals surface area contributed by atoms with E-state index < -0.39 is 11.6 Å². The molecule has 0 unspecified atom stereocenters. The van der Waals surface area contributed by atoms with E-state index in [4.69, 9.17) is 0 Å². The summed E-state index contributed by atoms with van der Waals surface area (Å²) in [6.45, 7) is 2.81. The van der Waals surface area contributed by atoms with Gasteiger partial charge in [0.25, 0.3) is 0 Å². The molecule has 22 heavy (non-hydrogen) atoms. The highest BCUT2D eigenvalue weighted by molar-refractivity contribution is 5.85. The molecule has 1 heterocycles. The Balaban J connectivity index is 1.86. The van der Waals surface area contributed by atoms with Crippen LogP contribution in [0.25, 0.3) is 0 Å². The molecular formula is C16H20F2N2O2. The average molecular weight is 310 g/mol. The second kappa shape index (κ2) is 7.33. The van der Waals surface area contributed by atoms with Crippen molar-refractivity contribution in [3.8, 4) is 0 Å². The highest BCUT2D eigenvalue weighted by Gasteiger charge is 2.19. The molecule has 1 saturated heterocycles. The van der Waals surface area contributed by atoms with E-state index in [1.807, 2.05) is 0 Å². The van der Waals surface area contributed by atoms with Crippen molar-refractivity contribution in [3.05, 3.63) is 34.9 Å². The number of rotatable bonds is 4. The van der Waals surface area contributed by atoms with Crippen LogP contribution in [0.1, 0.15) is 30.4 Å². The molecule has 0 radical (unpaired) electrons. The van der Waals surface area contributed by atoms with E-state index in [0.717, 1.165) is 12.5 Å². The summed E-state index contributed by atoms with van der Waals surface area (Å²) in [6, 6.07) is 2.36. The van der Waals surface area contributed by atoms with Crippen molar-refractivity contribution in [1.82, 2.24) is 10.2 Å². The molecule has 2 amide bonds. The molecular weight excluding hydrogens is 290 g/mol. The molecule has 1 N–H and O–H groups in total. The van der Waals surface area contributed by atoms with Crippen LogP contribution in [0, 0.1) is 18.6 Å². The Morgan fingerprint density at radius 3 is 2.86 bits per heavy atom. The van der Waals surface area contributed by atoms with Crippen LogP contribution < -0.4 is 5.32 Å². The molecule has 0 saturated carbocycles. The van der Waals surface area contributed by atoms with Gasteiger partial charge in [0, 0.05) is 25.6 Å². The number of benzene rings is 1. The second-order valence-corrected chi connectivity index (χ2v) is 5.57. The Hall–Kier alpha value is -1.98. The van der Waals surface area contributed by atoms with Crippen molar-refractivity contribution >= 4 is 11.8 Å². The molecule has 0 aromatic heterocycles. The van der Waals surface area contributed by atoms with Crippen molar-refractivity contribution in [1.29, 1.82) is 0 Å². The first-order valence-electron chi connectivity index (χ1n) is 7.46. The Morgan fingerprint density at radius 2 is 2.09 bits per heavy atom. The lowest BCUT2D eigenvalue weighted by Gasteiger charge is -2.18. The van der Waals surface area contributed by atoms with Crippen LogP contribution in [0.3, 0.4) is 0 Å². The summed E-state index contributed by atoms with van der Waals surface area (Å²) >= 11 is 0. The van der Waals surface area contributed by atoms with Crippen molar-refractivity contribution < 1.29 is 18.4 Å². The number of aryl methyl sites for hydroxylation is 2. The van der Waals surface area contributed by atoms with E-state index in [0.29, 0.717) is 37.1 Å². The Kier molecular flexibility index (Phi) is 5.46. The summed E-state index contributed by atoms with van der Waals surface area (Å²) in [6.07, 6.45) is 1.84. The standard InChI is InChI=1S/C16H20F2N2O2/c1-11-8-12(14(18)9-13(11)17)4-2-5-16(22)20-7-3-6-19-15(21)10-20/h8-9H,2-7,10H2,1H3,(H,19,21). The summed E-state index contributed by atoms with van der Waals surface area (Å²) in [5, 5.41) is 2.71. The minimum absolute atomic E-state index is 0.0862. The fraction of sp³-hybridized carbons (Fsp3) is 0.500. The number of amides is 2. The van der Waals surface area contributed by atoms with E-state index in [1.165, 1.54) is 11.0 Å². The third-order valence-electron chi connectivity index (χ3n) is 3.78. The van der Waals surface area contributed by atoms with Crippen LogP contribution in [0.2, 0.25) is 0 Å². The van der Waals surface area contributed by atoms with Gasteiger partial charge in [0.15, 0.2) is 0 Å². The zero-order chi connectivity index (χ0) is 16.1. The van der Waals surface area contributed by atoms with Crippen LogP contribution in [0.4, 0.5) is 8.78 Å². The molecule has 1 aliphatic heterocycles. The van der Waals surface area contributed by atoms with E-state index >= 15 is 0 Å². The zero-order valence-corrected chi connectivity index (χ0v) is 12.6. The quantitative estimate of drug-likeness (QED) is 0.924. The van der Waals surface area contributed by atoms with Crippen LogP contribution in [0.15, 0.2) is 12.1 Å². The van der Waals surface area contributed by atoms with E-state index in [-0.39, 0.29) is 24.8 Å². The van der Waals surface area contributed by atoms with Gasteiger partial charge in [-0.05, 0) is 37.3 Å². The number of hydrogen-bond donors (Lipinski definition) is 1. The summed E-state index contributed by atoms with van der Waals surface area (Å²) in [7, 11) is 0. The maximum absolute atomic E-state index is 13.6. The fourth-order valence-electron chi connectivity index (χ4n) is 2.52. The number of carbonyl (C=O) groups excluding carboxylic acids is 2. The molecule has 1 aliphatic rings. The molecule has 0 spiro atoms. The number of nitrogens with one attached hydrogen (secondary N) is 1. The lowest BCUT2D eigenvalue weighted by molar-refractivity contribution is -0.135. The van der Waals surface area contributed by atoms with E-state index in [1.54, 1.807) is 6.92 Å². The lowest BCUT2D eigenvalue weighted by atomic mass is 10.0. The Labute approximate surface area is 128 Å². The molecule has 1 fully saturated rings. The number of halogens is 2. The van der Waals surface area contributed by atoms with Gasteiger partial charge in [0.05, 0.1) is 6.54 Å². The number of hydrogen-bond acceptors (Lipinski definition) is 2. The van der Waals surface area contributed by atoms with E-state index in [2.05, 4.69) is 5.32 Å². The maximum Gasteiger partial charge on any atom is 0.239 e. The molecule has 0 atom stereocenters. The van der Waals surface area contributed by atoms with Gasteiger partial charge in [-0.15, -0.1) is 0 Å². The van der Waals surface area contributed by atoms with Gasteiger partial charge >= 0.3 is 0 Å². The van der Waals surface area contributed by atoms with Crippen molar-refractivity contribution in [2.24, 2.45) is 0 Å². The molecule has 120 valence electrons. The molecule has 1 aromatic carbocycles. The molecule has 6 heteroatoms.